The van der Waals surface area contributed by atoms with Crippen molar-refractivity contribution in [1.82, 2.24) is 9.97 Å². The summed E-state index contributed by atoms with van der Waals surface area (Å²) in [7, 11) is 1.88. The predicted molar refractivity (Wildman–Crippen MR) is 137 cm³/mol. The molecule has 0 radical (unpaired) electrons. The summed E-state index contributed by atoms with van der Waals surface area (Å²) in [5, 5.41) is 4.55. The Morgan fingerprint density at radius 3 is 2.70 bits per heavy atom. The van der Waals surface area contributed by atoms with Crippen molar-refractivity contribution in [2.45, 2.75) is 64.8 Å². The lowest BCUT2D eigenvalue weighted by Crippen LogP contribution is -2.36. The highest BCUT2D eigenvalue weighted by molar-refractivity contribution is 5.96. The molecule has 1 fully saturated rings. The summed E-state index contributed by atoms with van der Waals surface area (Å²) < 4.78 is 0. The molecule has 1 saturated carbocycles. The van der Waals surface area contributed by atoms with Gasteiger partial charge < -0.3 is 15.1 Å². The summed E-state index contributed by atoms with van der Waals surface area (Å²) in [6, 6.07) is 14.6. The van der Waals surface area contributed by atoms with Crippen molar-refractivity contribution in [2.24, 2.45) is 0 Å². The van der Waals surface area contributed by atoms with Crippen molar-refractivity contribution in [3.63, 3.8) is 0 Å². The highest BCUT2D eigenvalue weighted by Gasteiger charge is 2.27. The Morgan fingerprint density at radius 1 is 1.12 bits per heavy atom. The third kappa shape index (κ3) is 5.27. The van der Waals surface area contributed by atoms with Gasteiger partial charge in [-0.3, -0.25) is 9.78 Å². The number of pyridine rings is 2. The molecule has 0 aliphatic heterocycles. The molecule has 0 bridgehead atoms. The fraction of sp³-hybridized carbons (Fsp3) is 0.444. The number of hydrogen-bond acceptors (Lipinski definition) is 5. The predicted octanol–water partition coefficient (Wildman–Crippen LogP) is 6.30. The van der Waals surface area contributed by atoms with Crippen molar-refractivity contribution in [1.29, 1.82) is 0 Å². The van der Waals surface area contributed by atoms with Gasteiger partial charge in [-0.15, -0.1) is 0 Å². The van der Waals surface area contributed by atoms with Crippen LogP contribution in [-0.4, -0.2) is 35.5 Å². The summed E-state index contributed by atoms with van der Waals surface area (Å²) in [6.45, 7) is 5.16. The summed E-state index contributed by atoms with van der Waals surface area (Å²) in [4.78, 5) is 26.5. The van der Waals surface area contributed by atoms with Crippen LogP contribution in [0.4, 0.5) is 23.0 Å². The molecule has 6 heteroatoms. The van der Waals surface area contributed by atoms with E-state index in [-0.39, 0.29) is 5.91 Å². The van der Waals surface area contributed by atoms with Crippen molar-refractivity contribution in [3.8, 4) is 0 Å². The van der Waals surface area contributed by atoms with Gasteiger partial charge in [0, 0.05) is 43.3 Å². The first-order valence-electron chi connectivity index (χ1n) is 12.3. The van der Waals surface area contributed by atoms with Gasteiger partial charge in [0.05, 0.1) is 11.2 Å². The smallest absolute Gasteiger partial charge is 0.226 e. The first-order chi connectivity index (χ1) is 16.1. The van der Waals surface area contributed by atoms with Crippen LogP contribution in [0.2, 0.25) is 0 Å². The van der Waals surface area contributed by atoms with Crippen molar-refractivity contribution < 1.29 is 4.79 Å². The number of unbranched alkanes of at least 4 members (excludes halogenated alkanes) is 1. The lowest BCUT2D eigenvalue weighted by Gasteiger charge is -2.33. The third-order valence-corrected chi connectivity index (χ3v) is 6.59. The van der Waals surface area contributed by atoms with E-state index in [1.807, 2.05) is 43.6 Å². The molecule has 0 saturated heterocycles. The molecule has 0 unspecified atom stereocenters. The zero-order valence-electron chi connectivity index (χ0n) is 20.1. The molecule has 1 aromatic carbocycles. The minimum absolute atomic E-state index is 0.144. The Kier molecular flexibility index (Phi) is 7.43. The topological polar surface area (TPSA) is 61.4 Å². The van der Waals surface area contributed by atoms with E-state index in [0.717, 1.165) is 53.3 Å². The van der Waals surface area contributed by atoms with Crippen LogP contribution in [0, 0.1) is 0 Å². The molecule has 3 aromatic rings. The number of amides is 1. The van der Waals surface area contributed by atoms with Gasteiger partial charge >= 0.3 is 0 Å². The minimum atomic E-state index is 0.144. The van der Waals surface area contributed by atoms with E-state index in [2.05, 4.69) is 41.2 Å². The zero-order chi connectivity index (χ0) is 23.2. The summed E-state index contributed by atoms with van der Waals surface area (Å²) >= 11 is 0. The van der Waals surface area contributed by atoms with Crippen LogP contribution in [0.1, 0.15) is 58.8 Å². The average Bonchev–Trinajstić information content (AvgIpc) is 3.37. The second-order valence-electron chi connectivity index (χ2n) is 8.86. The third-order valence-electron chi connectivity index (χ3n) is 6.59. The Labute approximate surface area is 197 Å². The van der Waals surface area contributed by atoms with Gasteiger partial charge in [-0.05, 0) is 62.6 Å². The number of aromatic nitrogens is 2. The van der Waals surface area contributed by atoms with Crippen LogP contribution in [0.25, 0.3) is 10.9 Å². The average molecular weight is 446 g/mol. The molecule has 1 N–H and O–H groups in total. The molecule has 33 heavy (non-hydrogen) atoms. The number of benzene rings is 1. The Hall–Kier alpha value is -3.15. The molecule has 4 rings (SSSR count). The van der Waals surface area contributed by atoms with Crippen molar-refractivity contribution in [3.05, 3.63) is 48.7 Å². The summed E-state index contributed by atoms with van der Waals surface area (Å²) in [5.74, 6) is 1.82. The monoisotopic (exact) mass is 445 g/mol. The molecule has 1 amide bonds. The van der Waals surface area contributed by atoms with Gasteiger partial charge in [-0.2, -0.15) is 0 Å². The molecule has 174 valence electrons. The van der Waals surface area contributed by atoms with Gasteiger partial charge in [0.25, 0.3) is 0 Å². The maximum absolute atomic E-state index is 12.8. The number of nitrogens with one attached hydrogen (secondary N) is 1. The molecule has 1 aliphatic carbocycles. The molecule has 0 spiro atoms. The second-order valence-corrected chi connectivity index (χ2v) is 8.86. The fourth-order valence-electron chi connectivity index (χ4n) is 4.71. The van der Waals surface area contributed by atoms with Gasteiger partial charge in [0.1, 0.15) is 5.82 Å². The minimum Gasteiger partial charge on any atom is -0.352 e. The lowest BCUT2D eigenvalue weighted by molar-refractivity contribution is -0.118. The highest BCUT2D eigenvalue weighted by Crippen LogP contribution is 2.35. The quantitative estimate of drug-likeness (QED) is 0.419. The second kappa shape index (κ2) is 10.6. The van der Waals surface area contributed by atoms with Crippen LogP contribution in [-0.2, 0) is 4.79 Å². The zero-order valence-corrected chi connectivity index (χ0v) is 20.1. The SMILES string of the molecule is CCCCC(=O)N(C)c1ccc(Nc2ccc3ncccc3c2)nc1N(CC)C1CCCC1. The van der Waals surface area contributed by atoms with E-state index in [4.69, 9.17) is 4.98 Å². The van der Waals surface area contributed by atoms with E-state index in [9.17, 15) is 4.79 Å². The summed E-state index contributed by atoms with van der Waals surface area (Å²) in [6.07, 6.45) is 9.15. The van der Waals surface area contributed by atoms with Crippen LogP contribution in [0.3, 0.4) is 0 Å². The number of carbonyl (C=O) groups excluding carboxylic acids is 1. The van der Waals surface area contributed by atoms with Crippen LogP contribution in [0.15, 0.2) is 48.7 Å². The molecule has 2 aromatic heterocycles. The number of anilines is 4. The number of rotatable bonds is 9. The van der Waals surface area contributed by atoms with E-state index >= 15 is 0 Å². The van der Waals surface area contributed by atoms with Gasteiger partial charge in [-0.1, -0.05) is 32.3 Å². The molecule has 0 atom stereocenters. The molecular formula is C27H35N5O. The van der Waals surface area contributed by atoms with E-state index < -0.39 is 0 Å². The van der Waals surface area contributed by atoms with Gasteiger partial charge in [-0.25, -0.2) is 4.98 Å². The molecule has 6 nitrogen and oxygen atoms in total. The lowest BCUT2D eigenvalue weighted by atomic mass is 10.1. The Balaban J connectivity index is 1.67. The maximum Gasteiger partial charge on any atom is 0.226 e. The fourth-order valence-corrected chi connectivity index (χ4v) is 4.71. The maximum atomic E-state index is 12.8. The normalized spacial score (nSPS) is 13.9. The molecule has 1 aliphatic rings. The standard InChI is InChI=1S/C27H35N5O/c1-4-6-13-26(33)31(3)24-16-17-25(30-27(24)32(5-2)22-11-7-8-12-22)29-21-14-15-23-20(19-21)10-9-18-28-23/h9-10,14-19,22H,4-8,11-13H2,1-3H3,(H,29,30). The van der Waals surface area contributed by atoms with Crippen molar-refractivity contribution >= 4 is 39.8 Å². The first kappa shape index (κ1) is 23.0. The van der Waals surface area contributed by atoms with E-state index in [1.165, 1.54) is 25.7 Å². The first-order valence-corrected chi connectivity index (χ1v) is 12.3. The molecular weight excluding hydrogens is 410 g/mol. The molecule has 2 heterocycles. The largest absolute Gasteiger partial charge is 0.352 e. The Bertz CT molecular complexity index is 1090. The van der Waals surface area contributed by atoms with Gasteiger partial charge in [0.2, 0.25) is 5.91 Å². The number of hydrogen-bond donors (Lipinski definition) is 1. The number of carbonyl (C=O) groups is 1. The van der Waals surface area contributed by atoms with Crippen molar-refractivity contribution in [2.75, 3.05) is 28.7 Å². The van der Waals surface area contributed by atoms with Crippen LogP contribution >= 0.6 is 0 Å². The van der Waals surface area contributed by atoms with Crippen LogP contribution in [0.5, 0.6) is 0 Å². The number of fused-ring (bicyclic) bond motifs is 1. The van der Waals surface area contributed by atoms with E-state index in [1.54, 1.807) is 4.90 Å². The number of nitrogens with zero attached hydrogens (tertiary/aromatic N) is 4. The van der Waals surface area contributed by atoms with E-state index in [0.29, 0.717) is 12.5 Å². The summed E-state index contributed by atoms with van der Waals surface area (Å²) in [5.41, 5.74) is 2.83. The Morgan fingerprint density at radius 2 is 1.94 bits per heavy atom. The van der Waals surface area contributed by atoms with Gasteiger partial charge in [0.15, 0.2) is 5.82 Å². The van der Waals surface area contributed by atoms with Crippen LogP contribution < -0.4 is 15.1 Å². The highest BCUT2D eigenvalue weighted by atomic mass is 16.2.